The Morgan fingerprint density at radius 1 is 1.37 bits per heavy atom. The van der Waals surface area contributed by atoms with Crippen molar-refractivity contribution in [2.75, 3.05) is 5.32 Å². The molecule has 0 saturated heterocycles. The molecule has 0 radical (unpaired) electrons. The smallest absolute Gasteiger partial charge is 0.320 e. The van der Waals surface area contributed by atoms with E-state index in [2.05, 4.69) is 24.3 Å². The molecule has 7 nitrogen and oxygen atoms in total. The second-order valence-corrected chi connectivity index (χ2v) is 4.85. The minimum Gasteiger partial charge on any atom is -0.406 e. The Bertz CT molecular complexity index is 724. The lowest BCUT2D eigenvalue weighted by molar-refractivity contribution is 0.476. The Balaban J connectivity index is 2.00. The van der Waals surface area contributed by atoms with E-state index in [0.29, 0.717) is 22.1 Å². The predicted octanol–water partition coefficient (Wildman–Crippen LogP) is 2.49. The van der Waals surface area contributed by atoms with E-state index in [1.807, 2.05) is 0 Å². The monoisotopic (exact) mass is 296 g/mol. The third-order valence-electron chi connectivity index (χ3n) is 2.44. The fourth-order valence-corrected chi connectivity index (χ4v) is 2.26. The van der Waals surface area contributed by atoms with Crippen molar-refractivity contribution in [2.24, 2.45) is 5.73 Å². The molecule has 2 heterocycles. The molecule has 1 unspecified atom stereocenters. The summed E-state index contributed by atoms with van der Waals surface area (Å²) in [6.07, 6.45) is 0. The fraction of sp³-hybridized carbons (Fsp3) is 0.200. The zero-order valence-corrected chi connectivity index (χ0v) is 11.4. The first-order valence-corrected chi connectivity index (χ1v) is 6.53. The van der Waals surface area contributed by atoms with Crippen LogP contribution in [0, 0.1) is 0 Å². The van der Waals surface area contributed by atoms with Crippen molar-refractivity contribution in [3.05, 3.63) is 23.0 Å². The van der Waals surface area contributed by atoms with E-state index in [9.17, 15) is 0 Å². The number of nitrogens with two attached hydrogens (primary N) is 1. The molecule has 0 saturated carbocycles. The minimum absolute atomic E-state index is 0.217. The van der Waals surface area contributed by atoms with Crippen LogP contribution in [0.5, 0.6) is 0 Å². The van der Waals surface area contributed by atoms with Crippen LogP contribution in [0.2, 0.25) is 5.02 Å². The van der Waals surface area contributed by atoms with E-state index in [4.69, 9.17) is 21.8 Å². The van der Waals surface area contributed by atoms with Crippen LogP contribution in [-0.4, -0.2) is 18.9 Å². The molecule has 0 fully saturated rings. The molecule has 0 amide bonds. The molecule has 2 aromatic heterocycles. The SMILES string of the molecule is CC(N)c1nnc(Nc2c(Cl)ccc3nsnc23)o1. The van der Waals surface area contributed by atoms with E-state index < -0.39 is 0 Å². The number of nitrogens with zero attached hydrogens (tertiary/aromatic N) is 4. The number of benzene rings is 1. The number of nitrogens with one attached hydrogen (secondary N) is 1. The highest BCUT2D eigenvalue weighted by Crippen LogP contribution is 2.32. The van der Waals surface area contributed by atoms with Gasteiger partial charge < -0.3 is 15.5 Å². The lowest BCUT2D eigenvalue weighted by Gasteiger charge is -2.04. The Morgan fingerprint density at radius 2 is 2.21 bits per heavy atom. The second kappa shape index (κ2) is 4.72. The summed E-state index contributed by atoms with van der Waals surface area (Å²) in [7, 11) is 0. The van der Waals surface area contributed by atoms with Gasteiger partial charge >= 0.3 is 6.01 Å². The average molecular weight is 297 g/mol. The van der Waals surface area contributed by atoms with E-state index in [1.54, 1.807) is 19.1 Å². The van der Waals surface area contributed by atoms with Crippen molar-refractivity contribution in [1.82, 2.24) is 18.9 Å². The molecular weight excluding hydrogens is 288 g/mol. The molecule has 9 heteroatoms. The van der Waals surface area contributed by atoms with E-state index >= 15 is 0 Å². The number of halogens is 1. The Hall–Kier alpha value is -1.77. The first-order chi connectivity index (χ1) is 9.15. The predicted molar refractivity (Wildman–Crippen MR) is 72.6 cm³/mol. The molecule has 19 heavy (non-hydrogen) atoms. The standard InChI is InChI=1S/C10H9ClN6OS/c1-4(12)9-14-15-10(18-9)13-7-5(11)2-3-6-8(7)17-19-16-6/h2-4H,12H2,1H3,(H,13,15). The van der Waals surface area contributed by atoms with E-state index in [0.717, 1.165) is 17.2 Å². The van der Waals surface area contributed by atoms with Crippen molar-refractivity contribution >= 4 is 46.1 Å². The summed E-state index contributed by atoms with van der Waals surface area (Å²) in [6, 6.07) is 3.43. The van der Waals surface area contributed by atoms with Crippen molar-refractivity contribution < 1.29 is 4.42 Å². The fourth-order valence-electron chi connectivity index (χ4n) is 1.52. The van der Waals surface area contributed by atoms with Gasteiger partial charge in [0.1, 0.15) is 11.0 Å². The van der Waals surface area contributed by atoms with Crippen LogP contribution in [0.25, 0.3) is 11.0 Å². The molecule has 0 spiro atoms. The van der Waals surface area contributed by atoms with Crippen molar-refractivity contribution in [3.63, 3.8) is 0 Å². The van der Waals surface area contributed by atoms with Gasteiger partial charge in [-0.15, -0.1) is 5.10 Å². The topological polar surface area (TPSA) is 103 Å². The number of hydrogen-bond acceptors (Lipinski definition) is 8. The molecule has 3 aromatic rings. The molecule has 0 aliphatic rings. The van der Waals surface area contributed by atoms with Crippen LogP contribution in [0.4, 0.5) is 11.7 Å². The highest BCUT2D eigenvalue weighted by molar-refractivity contribution is 7.00. The van der Waals surface area contributed by atoms with Crippen molar-refractivity contribution in [3.8, 4) is 0 Å². The van der Waals surface area contributed by atoms with Crippen LogP contribution in [0.15, 0.2) is 16.5 Å². The van der Waals surface area contributed by atoms with Crippen LogP contribution in [-0.2, 0) is 0 Å². The summed E-state index contributed by atoms with van der Waals surface area (Å²) < 4.78 is 13.7. The van der Waals surface area contributed by atoms with Gasteiger partial charge in [-0.05, 0) is 19.1 Å². The van der Waals surface area contributed by atoms with Crippen LogP contribution >= 0.6 is 23.3 Å². The number of aromatic nitrogens is 4. The molecule has 0 aliphatic heterocycles. The third kappa shape index (κ3) is 2.25. The van der Waals surface area contributed by atoms with Gasteiger partial charge in [0, 0.05) is 0 Å². The maximum atomic E-state index is 6.14. The van der Waals surface area contributed by atoms with Crippen molar-refractivity contribution in [1.29, 1.82) is 0 Å². The zero-order chi connectivity index (χ0) is 13.4. The molecule has 0 aliphatic carbocycles. The lowest BCUT2D eigenvalue weighted by atomic mass is 10.2. The number of rotatable bonds is 3. The Kier molecular flexibility index (Phi) is 3.05. The molecule has 1 aromatic carbocycles. The van der Waals surface area contributed by atoms with Gasteiger partial charge in [0.15, 0.2) is 0 Å². The number of hydrogen-bond donors (Lipinski definition) is 2. The van der Waals surface area contributed by atoms with Gasteiger partial charge in [0.25, 0.3) is 0 Å². The quantitative estimate of drug-likeness (QED) is 0.765. The normalized spacial score (nSPS) is 12.8. The summed E-state index contributed by atoms with van der Waals surface area (Å²) in [5.41, 5.74) is 7.66. The van der Waals surface area contributed by atoms with Gasteiger partial charge in [-0.3, -0.25) is 0 Å². The van der Waals surface area contributed by atoms with Gasteiger partial charge in [-0.1, -0.05) is 16.7 Å². The largest absolute Gasteiger partial charge is 0.406 e. The van der Waals surface area contributed by atoms with Crippen LogP contribution < -0.4 is 11.1 Å². The molecule has 1 atom stereocenters. The highest BCUT2D eigenvalue weighted by atomic mass is 35.5. The van der Waals surface area contributed by atoms with Crippen molar-refractivity contribution in [2.45, 2.75) is 13.0 Å². The minimum atomic E-state index is -0.324. The maximum Gasteiger partial charge on any atom is 0.320 e. The lowest BCUT2D eigenvalue weighted by Crippen LogP contribution is -2.04. The molecule has 3 N–H and O–H groups in total. The summed E-state index contributed by atoms with van der Waals surface area (Å²) in [5, 5.41) is 11.1. The third-order valence-corrected chi connectivity index (χ3v) is 3.30. The van der Waals surface area contributed by atoms with Gasteiger partial charge in [-0.25, -0.2) is 0 Å². The summed E-state index contributed by atoms with van der Waals surface area (Å²) in [5.74, 6) is 0.349. The average Bonchev–Trinajstić information content (AvgIpc) is 3.01. The van der Waals surface area contributed by atoms with Crippen LogP contribution in [0.3, 0.4) is 0 Å². The second-order valence-electron chi connectivity index (χ2n) is 3.91. The molecular formula is C10H9ClN6OS. The first-order valence-electron chi connectivity index (χ1n) is 5.42. The van der Waals surface area contributed by atoms with Gasteiger partial charge in [-0.2, -0.15) is 8.75 Å². The summed E-state index contributed by atoms with van der Waals surface area (Å²) >= 11 is 7.25. The number of anilines is 2. The van der Waals surface area contributed by atoms with E-state index in [-0.39, 0.29) is 12.1 Å². The van der Waals surface area contributed by atoms with Crippen LogP contribution in [0.1, 0.15) is 18.9 Å². The highest BCUT2D eigenvalue weighted by Gasteiger charge is 2.14. The zero-order valence-electron chi connectivity index (χ0n) is 9.79. The summed E-state index contributed by atoms with van der Waals surface area (Å²) in [6.45, 7) is 1.76. The van der Waals surface area contributed by atoms with Gasteiger partial charge in [0.2, 0.25) is 5.89 Å². The first kappa shape index (κ1) is 12.3. The Morgan fingerprint density at radius 3 is 2.95 bits per heavy atom. The molecule has 98 valence electrons. The van der Waals surface area contributed by atoms with E-state index in [1.165, 1.54) is 0 Å². The molecule has 3 rings (SSSR count). The molecule has 0 bridgehead atoms. The summed E-state index contributed by atoms with van der Waals surface area (Å²) in [4.78, 5) is 0. The van der Waals surface area contributed by atoms with Gasteiger partial charge in [0.05, 0.1) is 28.5 Å². The number of fused-ring (bicyclic) bond motifs is 1. The maximum absolute atomic E-state index is 6.14. The Labute approximate surface area is 117 Å².